The normalized spacial score (nSPS) is 11.7. The second-order valence-corrected chi connectivity index (χ2v) is 7.69. The lowest BCUT2D eigenvalue weighted by Crippen LogP contribution is -2.42. The summed E-state index contributed by atoms with van der Waals surface area (Å²) in [6.45, 7) is 5.32. The van der Waals surface area contributed by atoms with Crippen molar-refractivity contribution in [3.63, 3.8) is 0 Å². The molecular formula is C12H24N2O4S2. The number of amides is 2. The maximum Gasteiger partial charge on any atom is 0.239 e. The molecule has 0 radical (unpaired) electrons. The number of nitrogens with zero attached hydrogens (tertiary/aromatic N) is 1. The van der Waals surface area contributed by atoms with Gasteiger partial charge in [-0.25, -0.2) is 13.1 Å². The average molecular weight is 324 g/mol. The van der Waals surface area contributed by atoms with E-state index in [9.17, 15) is 18.0 Å². The van der Waals surface area contributed by atoms with Gasteiger partial charge in [0.05, 0.1) is 11.5 Å². The molecule has 0 aromatic heterocycles. The predicted molar refractivity (Wildman–Crippen MR) is 82.0 cm³/mol. The highest BCUT2D eigenvalue weighted by Gasteiger charge is 2.18. The molecular weight excluding hydrogens is 300 g/mol. The predicted octanol–water partition coefficient (Wildman–Crippen LogP) is 0.690. The van der Waals surface area contributed by atoms with E-state index in [1.54, 1.807) is 6.26 Å². The molecule has 20 heavy (non-hydrogen) atoms. The Balaban J connectivity index is 4.30. The summed E-state index contributed by atoms with van der Waals surface area (Å²) in [6.07, 6.45) is 2.35. The third-order valence-corrected chi connectivity index (χ3v) is 4.52. The van der Waals surface area contributed by atoms with Crippen LogP contribution >= 0.6 is 11.8 Å². The van der Waals surface area contributed by atoms with Crippen molar-refractivity contribution in [2.45, 2.75) is 27.2 Å². The SMILES string of the molecule is CSCC(=O)N(CCNS(=O)(=O)CCC(C)C)C(C)=O. The zero-order valence-corrected chi connectivity index (χ0v) is 14.1. The first-order chi connectivity index (χ1) is 9.19. The Labute approximate surface area is 125 Å². The summed E-state index contributed by atoms with van der Waals surface area (Å²) in [4.78, 5) is 24.1. The molecule has 0 rings (SSSR count). The van der Waals surface area contributed by atoms with E-state index in [4.69, 9.17) is 0 Å². The lowest BCUT2D eigenvalue weighted by molar-refractivity contribution is -0.141. The Morgan fingerprint density at radius 1 is 1.30 bits per heavy atom. The Hall–Kier alpha value is -0.600. The van der Waals surface area contributed by atoms with Crippen LogP contribution in [0.1, 0.15) is 27.2 Å². The molecule has 0 fully saturated rings. The number of thioether (sulfide) groups is 1. The van der Waals surface area contributed by atoms with Crippen LogP contribution in [0.4, 0.5) is 0 Å². The van der Waals surface area contributed by atoms with Gasteiger partial charge in [0, 0.05) is 20.0 Å². The molecule has 0 heterocycles. The van der Waals surface area contributed by atoms with Crippen LogP contribution in [-0.2, 0) is 19.6 Å². The highest BCUT2D eigenvalue weighted by Crippen LogP contribution is 2.02. The van der Waals surface area contributed by atoms with E-state index in [2.05, 4.69) is 4.72 Å². The van der Waals surface area contributed by atoms with Gasteiger partial charge in [0.25, 0.3) is 0 Å². The van der Waals surface area contributed by atoms with Crippen LogP contribution in [0.2, 0.25) is 0 Å². The number of imide groups is 1. The molecule has 8 heteroatoms. The third kappa shape index (κ3) is 8.55. The first kappa shape index (κ1) is 19.4. The van der Waals surface area contributed by atoms with Gasteiger partial charge in [-0.15, -0.1) is 0 Å². The molecule has 0 aliphatic carbocycles. The van der Waals surface area contributed by atoms with E-state index in [-0.39, 0.29) is 36.4 Å². The van der Waals surface area contributed by atoms with Crippen LogP contribution in [0, 0.1) is 5.92 Å². The summed E-state index contributed by atoms with van der Waals surface area (Å²) in [7, 11) is -3.34. The van der Waals surface area contributed by atoms with Crippen molar-refractivity contribution in [1.29, 1.82) is 0 Å². The molecule has 0 bridgehead atoms. The summed E-state index contributed by atoms with van der Waals surface area (Å²) in [5.74, 6) is -0.0938. The monoisotopic (exact) mass is 324 g/mol. The van der Waals surface area contributed by atoms with E-state index in [0.717, 1.165) is 4.90 Å². The van der Waals surface area contributed by atoms with Crippen molar-refractivity contribution in [2.24, 2.45) is 5.92 Å². The van der Waals surface area contributed by atoms with Crippen LogP contribution in [0.3, 0.4) is 0 Å². The van der Waals surface area contributed by atoms with Gasteiger partial charge in [0.15, 0.2) is 0 Å². The summed E-state index contributed by atoms with van der Waals surface area (Å²) >= 11 is 1.32. The summed E-state index contributed by atoms with van der Waals surface area (Å²) < 4.78 is 25.8. The molecule has 0 aliphatic heterocycles. The van der Waals surface area contributed by atoms with Gasteiger partial charge < -0.3 is 0 Å². The smallest absolute Gasteiger partial charge is 0.239 e. The zero-order valence-electron chi connectivity index (χ0n) is 12.5. The molecule has 0 spiro atoms. The summed E-state index contributed by atoms with van der Waals surface area (Å²) in [6, 6.07) is 0. The highest BCUT2D eigenvalue weighted by molar-refractivity contribution is 7.99. The van der Waals surface area contributed by atoms with Crippen LogP contribution in [-0.4, -0.2) is 56.0 Å². The van der Waals surface area contributed by atoms with E-state index in [1.807, 2.05) is 13.8 Å². The van der Waals surface area contributed by atoms with Crippen LogP contribution in [0.15, 0.2) is 0 Å². The molecule has 0 aliphatic rings. The molecule has 118 valence electrons. The minimum Gasteiger partial charge on any atom is -0.281 e. The maximum absolute atomic E-state index is 11.7. The standard InChI is InChI=1S/C12H24N2O4S2/c1-10(2)5-8-20(17,18)13-6-7-14(11(3)15)12(16)9-19-4/h10,13H,5-9H2,1-4H3. The summed E-state index contributed by atoms with van der Waals surface area (Å²) in [5, 5.41) is 0. The van der Waals surface area contributed by atoms with Crippen LogP contribution < -0.4 is 4.72 Å². The second kappa shape index (κ2) is 9.36. The van der Waals surface area contributed by atoms with Gasteiger partial charge in [-0.3, -0.25) is 14.5 Å². The molecule has 0 unspecified atom stereocenters. The third-order valence-electron chi connectivity index (χ3n) is 2.57. The van der Waals surface area contributed by atoms with Crippen molar-refractivity contribution >= 4 is 33.6 Å². The van der Waals surface area contributed by atoms with E-state index < -0.39 is 10.0 Å². The van der Waals surface area contributed by atoms with Crippen molar-refractivity contribution in [1.82, 2.24) is 9.62 Å². The number of carbonyl (C=O) groups excluding carboxylic acids is 2. The fourth-order valence-electron chi connectivity index (χ4n) is 1.44. The van der Waals surface area contributed by atoms with Gasteiger partial charge in [-0.1, -0.05) is 13.8 Å². The van der Waals surface area contributed by atoms with Gasteiger partial charge >= 0.3 is 0 Å². The minimum atomic E-state index is -3.34. The number of hydrogen-bond donors (Lipinski definition) is 1. The first-order valence-electron chi connectivity index (χ1n) is 6.46. The zero-order chi connectivity index (χ0) is 15.8. The number of nitrogens with one attached hydrogen (secondary N) is 1. The van der Waals surface area contributed by atoms with Crippen molar-refractivity contribution < 1.29 is 18.0 Å². The van der Waals surface area contributed by atoms with Gasteiger partial charge in [0.1, 0.15) is 0 Å². The Bertz CT molecular complexity index is 421. The van der Waals surface area contributed by atoms with Crippen LogP contribution in [0.5, 0.6) is 0 Å². The van der Waals surface area contributed by atoms with E-state index in [1.165, 1.54) is 18.7 Å². The Kier molecular flexibility index (Phi) is 9.08. The maximum atomic E-state index is 11.7. The van der Waals surface area contributed by atoms with Crippen molar-refractivity contribution in [3.8, 4) is 0 Å². The number of hydrogen-bond acceptors (Lipinski definition) is 5. The molecule has 0 aromatic rings. The van der Waals surface area contributed by atoms with Gasteiger partial charge in [-0.05, 0) is 18.6 Å². The topological polar surface area (TPSA) is 83.6 Å². The number of sulfonamides is 1. The number of rotatable bonds is 9. The van der Waals surface area contributed by atoms with E-state index >= 15 is 0 Å². The van der Waals surface area contributed by atoms with Gasteiger partial charge in [0.2, 0.25) is 21.8 Å². The average Bonchev–Trinajstić information content (AvgIpc) is 2.32. The van der Waals surface area contributed by atoms with Gasteiger partial charge in [-0.2, -0.15) is 11.8 Å². The second-order valence-electron chi connectivity index (χ2n) is 4.89. The Morgan fingerprint density at radius 2 is 1.90 bits per heavy atom. The molecule has 0 saturated heterocycles. The van der Waals surface area contributed by atoms with Crippen molar-refractivity contribution in [3.05, 3.63) is 0 Å². The fraction of sp³-hybridized carbons (Fsp3) is 0.833. The molecule has 2 amide bonds. The molecule has 0 atom stereocenters. The Morgan fingerprint density at radius 3 is 2.35 bits per heavy atom. The summed E-state index contributed by atoms with van der Waals surface area (Å²) in [5.41, 5.74) is 0. The number of carbonyl (C=O) groups is 2. The molecule has 1 N–H and O–H groups in total. The van der Waals surface area contributed by atoms with Crippen molar-refractivity contribution in [2.75, 3.05) is 30.9 Å². The molecule has 0 saturated carbocycles. The molecule has 0 aromatic carbocycles. The fourth-order valence-corrected chi connectivity index (χ4v) is 3.17. The molecule has 6 nitrogen and oxygen atoms in total. The van der Waals surface area contributed by atoms with Crippen LogP contribution in [0.25, 0.3) is 0 Å². The largest absolute Gasteiger partial charge is 0.281 e. The first-order valence-corrected chi connectivity index (χ1v) is 9.51. The van der Waals surface area contributed by atoms with E-state index in [0.29, 0.717) is 12.3 Å². The highest BCUT2D eigenvalue weighted by atomic mass is 32.2. The lowest BCUT2D eigenvalue weighted by atomic mass is 10.2. The minimum absolute atomic E-state index is 0.0557. The quantitative estimate of drug-likeness (QED) is 0.674. The lowest BCUT2D eigenvalue weighted by Gasteiger charge is -2.19.